The molecule has 0 bridgehead atoms. The zero-order valence-electron chi connectivity index (χ0n) is 10.8. The van der Waals surface area contributed by atoms with Crippen LogP contribution in [0.15, 0.2) is 48.5 Å². The standard InChI is InChI=1S/C16H15N3/c1-2-11-6-5-7-12(10-11)15-16(17)19-14-9-4-3-8-13(14)18-15/h3-10H,2H2,1H3,(H2,17,19). The highest BCUT2D eigenvalue weighted by molar-refractivity contribution is 5.82. The summed E-state index contributed by atoms with van der Waals surface area (Å²) in [6.45, 7) is 2.13. The molecule has 0 saturated heterocycles. The minimum atomic E-state index is 0.479. The van der Waals surface area contributed by atoms with E-state index in [9.17, 15) is 0 Å². The molecule has 0 spiro atoms. The predicted octanol–water partition coefficient (Wildman–Crippen LogP) is 3.44. The first-order valence-corrected chi connectivity index (χ1v) is 6.39. The van der Waals surface area contributed by atoms with Gasteiger partial charge < -0.3 is 5.73 Å². The van der Waals surface area contributed by atoms with Crippen LogP contribution in [-0.2, 0) is 6.42 Å². The fraction of sp³-hybridized carbons (Fsp3) is 0.125. The van der Waals surface area contributed by atoms with Gasteiger partial charge in [-0.25, -0.2) is 9.97 Å². The van der Waals surface area contributed by atoms with Crippen LogP contribution >= 0.6 is 0 Å². The minimum absolute atomic E-state index is 0.479. The number of nitrogens with two attached hydrogens (primary N) is 1. The molecule has 0 fully saturated rings. The first-order chi connectivity index (χ1) is 9.28. The Balaban J connectivity index is 2.20. The second-order valence-corrected chi connectivity index (χ2v) is 4.50. The number of hydrogen-bond acceptors (Lipinski definition) is 3. The fourth-order valence-corrected chi connectivity index (χ4v) is 2.16. The Hall–Kier alpha value is -2.42. The maximum atomic E-state index is 6.04. The van der Waals surface area contributed by atoms with Gasteiger partial charge in [-0.05, 0) is 30.2 Å². The number of rotatable bonds is 2. The van der Waals surface area contributed by atoms with Crippen LogP contribution in [0.5, 0.6) is 0 Å². The largest absolute Gasteiger partial charge is 0.382 e. The highest BCUT2D eigenvalue weighted by atomic mass is 14.9. The Morgan fingerprint density at radius 3 is 2.42 bits per heavy atom. The van der Waals surface area contributed by atoms with Gasteiger partial charge in [0.05, 0.1) is 11.0 Å². The molecule has 0 aliphatic heterocycles. The van der Waals surface area contributed by atoms with Crippen molar-refractivity contribution < 1.29 is 0 Å². The lowest BCUT2D eigenvalue weighted by molar-refractivity contribution is 1.14. The zero-order valence-corrected chi connectivity index (χ0v) is 10.8. The number of aromatic nitrogens is 2. The molecule has 0 aliphatic carbocycles. The lowest BCUT2D eigenvalue weighted by Crippen LogP contribution is -1.98. The summed E-state index contributed by atoms with van der Waals surface area (Å²) in [6.07, 6.45) is 0.995. The normalized spacial score (nSPS) is 10.8. The Labute approximate surface area is 112 Å². The molecule has 3 rings (SSSR count). The van der Waals surface area contributed by atoms with E-state index in [1.807, 2.05) is 36.4 Å². The summed E-state index contributed by atoms with van der Waals surface area (Å²) in [5.41, 5.74) is 10.8. The predicted molar refractivity (Wildman–Crippen MR) is 78.8 cm³/mol. The van der Waals surface area contributed by atoms with E-state index in [1.54, 1.807) is 0 Å². The van der Waals surface area contributed by atoms with Crippen molar-refractivity contribution in [2.24, 2.45) is 0 Å². The molecule has 1 heterocycles. The highest BCUT2D eigenvalue weighted by Gasteiger charge is 2.08. The van der Waals surface area contributed by atoms with Crippen molar-refractivity contribution in [1.29, 1.82) is 0 Å². The van der Waals surface area contributed by atoms with Gasteiger partial charge in [0.15, 0.2) is 5.82 Å². The van der Waals surface area contributed by atoms with Gasteiger partial charge in [-0.1, -0.05) is 37.3 Å². The Bertz CT molecular complexity index is 735. The second-order valence-electron chi connectivity index (χ2n) is 4.50. The van der Waals surface area contributed by atoms with Crippen molar-refractivity contribution in [2.45, 2.75) is 13.3 Å². The van der Waals surface area contributed by atoms with Crippen LogP contribution in [0.25, 0.3) is 22.3 Å². The molecule has 1 aromatic heterocycles. The van der Waals surface area contributed by atoms with E-state index in [-0.39, 0.29) is 0 Å². The van der Waals surface area contributed by atoms with Gasteiger partial charge in [-0.15, -0.1) is 0 Å². The molecule has 0 atom stereocenters. The van der Waals surface area contributed by atoms with Gasteiger partial charge in [0.1, 0.15) is 5.69 Å². The third-order valence-corrected chi connectivity index (χ3v) is 3.21. The van der Waals surface area contributed by atoms with Gasteiger partial charge >= 0.3 is 0 Å². The van der Waals surface area contributed by atoms with Gasteiger partial charge in [0.2, 0.25) is 0 Å². The van der Waals surface area contributed by atoms with E-state index in [1.165, 1.54) is 5.56 Å². The smallest absolute Gasteiger partial charge is 0.150 e. The maximum Gasteiger partial charge on any atom is 0.150 e. The van der Waals surface area contributed by atoms with Crippen LogP contribution < -0.4 is 5.73 Å². The molecule has 2 N–H and O–H groups in total. The average molecular weight is 249 g/mol. The summed E-state index contributed by atoms with van der Waals surface area (Å²) >= 11 is 0. The van der Waals surface area contributed by atoms with Crippen molar-refractivity contribution >= 4 is 16.9 Å². The summed E-state index contributed by atoms with van der Waals surface area (Å²) in [6, 6.07) is 16.1. The third-order valence-electron chi connectivity index (χ3n) is 3.21. The van der Waals surface area contributed by atoms with Crippen LogP contribution in [0.1, 0.15) is 12.5 Å². The molecule has 0 aliphatic rings. The molecule has 0 unspecified atom stereocenters. The van der Waals surface area contributed by atoms with E-state index in [0.717, 1.165) is 28.7 Å². The number of anilines is 1. The van der Waals surface area contributed by atoms with Crippen LogP contribution in [0.2, 0.25) is 0 Å². The van der Waals surface area contributed by atoms with Crippen LogP contribution in [0.4, 0.5) is 5.82 Å². The Kier molecular flexibility index (Phi) is 2.88. The van der Waals surface area contributed by atoms with Crippen molar-refractivity contribution in [3.8, 4) is 11.3 Å². The zero-order chi connectivity index (χ0) is 13.2. The quantitative estimate of drug-likeness (QED) is 0.757. The molecular formula is C16H15N3. The SMILES string of the molecule is CCc1cccc(-c2nc3ccccc3nc2N)c1. The summed E-state index contributed by atoms with van der Waals surface area (Å²) in [5, 5.41) is 0. The first kappa shape index (κ1) is 11.7. The maximum absolute atomic E-state index is 6.04. The van der Waals surface area contributed by atoms with E-state index in [2.05, 4.69) is 29.0 Å². The molecule has 0 radical (unpaired) electrons. The van der Waals surface area contributed by atoms with Crippen molar-refractivity contribution in [3.63, 3.8) is 0 Å². The third kappa shape index (κ3) is 2.15. The number of aryl methyl sites for hydroxylation is 1. The second kappa shape index (κ2) is 4.69. The molecule has 0 amide bonds. The number of nitrogen functional groups attached to an aromatic ring is 1. The molecule has 19 heavy (non-hydrogen) atoms. The molecule has 3 aromatic rings. The highest BCUT2D eigenvalue weighted by Crippen LogP contribution is 2.25. The van der Waals surface area contributed by atoms with Crippen LogP contribution in [0.3, 0.4) is 0 Å². The summed E-state index contributed by atoms with van der Waals surface area (Å²) in [7, 11) is 0. The number of benzene rings is 2. The lowest BCUT2D eigenvalue weighted by Gasteiger charge is -2.07. The van der Waals surface area contributed by atoms with Crippen molar-refractivity contribution in [2.75, 3.05) is 5.73 Å². The van der Waals surface area contributed by atoms with Crippen molar-refractivity contribution in [3.05, 3.63) is 54.1 Å². The van der Waals surface area contributed by atoms with Crippen molar-refractivity contribution in [1.82, 2.24) is 9.97 Å². The van der Waals surface area contributed by atoms with E-state index < -0.39 is 0 Å². The van der Waals surface area contributed by atoms with Crippen LogP contribution in [0, 0.1) is 0 Å². The molecule has 2 aromatic carbocycles. The summed E-state index contributed by atoms with van der Waals surface area (Å²) < 4.78 is 0. The van der Waals surface area contributed by atoms with Crippen LogP contribution in [-0.4, -0.2) is 9.97 Å². The minimum Gasteiger partial charge on any atom is -0.382 e. The number of para-hydroxylation sites is 2. The Morgan fingerprint density at radius 2 is 1.68 bits per heavy atom. The number of hydrogen-bond donors (Lipinski definition) is 1. The van der Waals surface area contributed by atoms with Gasteiger partial charge in [0.25, 0.3) is 0 Å². The molecule has 3 nitrogen and oxygen atoms in total. The summed E-state index contributed by atoms with van der Waals surface area (Å²) in [5.74, 6) is 0.479. The molecular weight excluding hydrogens is 234 g/mol. The van der Waals surface area contributed by atoms with Gasteiger partial charge in [-0.3, -0.25) is 0 Å². The fourth-order valence-electron chi connectivity index (χ4n) is 2.16. The average Bonchev–Trinajstić information content (AvgIpc) is 2.46. The summed E-state index contributed by atoms with van der Waals surface area (Å²) in [4.78, 5) is 9.06. The first-order valence-electron chi connectivity index (χ1n) is 6.39. The lowest BCUT2D eigenvalue weighted by atomic mass is 10.1. The number of fused-ring (bicyclic) bond motifs is 1. The topological polar surface area (TPSA) is 51.8 Å². The van der Waals surface area contributed by atoms with Gasteiger partial charge in [-0.2, -0.15) is 0 Å². The molecule has 3 heteroatoms. The van der Waals surface area contributed by atoms with E-state index in [0.29, 0.717) is 5.82 Å². The van der Waals surface area contributed by atoms with E-state index >= 15 is 0 Å². The number of nitrogens with zero attached hydrogens (tertiary/aromatic N) is 2. The Morgan fingerprint density at radius 1 is 0.947 bits per heavy atom. The molecule has 0 saturated carbocycles. The monoisotopic (exact) mass is 249 g/mol. The van der Waals surface area contributed by atoms with E-state index in [4.69, 9.17) is 5.73 Å². The molecule has 94 valence electrons. The van der Waals surface area contributed by atoms with Gasteiger partial charge in [0, 0.05) is 5.56 Å².